The van der Waals surface area contributed by atoms with Crippen LogP contribution in [0.25, 0.3) is 0 Å². The normalized spacial score (nSPS) is 14.4. The number of nitrogens with zero attached hydrogens (tertiary/aromatic N) is 2. The van der Waals surface area contributed by atoms with Crippen molar-refractivity contribution in [1.29, 1.82) is 0 Å². The molecule has 47 heavy (non-hydrogen) atoms. The zero-order valence-electron chi connectivity index (χ0n) is 26.2. The predicted octanol–water partition coefficient (Wildman–Crippen LogP) is 6.11. The molecule has 4 aromatic rings. The average molecular weight is 627 g/mol. The maximum Gasteiger partial charge on any atom is 0.258 e. The number of amides is 4. The number of ether oxygens (including phenoxy) is 2. The van der Waals surface area contributed by atoms with Crippen LogP contribution in [0.1, 0.15) is 36.1 Å². The Bertz CT molecular complexity index is 1680. The van der Waals surface area contributed by atoms with Gasteiger partial charge in [-0.15, -0.1) is 0 Å². The van der Waals surface area contributed by atoms with Crippen molar-refractivity contribution < 1.29 is 28.7 Å². The molecule has 0 radical (unpaired) electrons. The molecule has 4 amide bonds. The lowest BCUT2D eigenvalue weighted by Gasteiger charge is -2.26. The Morgan fingerprint density at radius 2 is 0.787 bits per heavy atom. The SMILES string of the molecule is CC(C)(c1ccc(CCOc2ccc(N3C(=O)C=CC3=O)cc2)cc1)c1ccc(CCOc2ccc(N3C(=O)C=CC3=O)cc2)cc1. The first-order valence-electron chi connectivity index (χ1n) is 15.5. The van der Waals surface area contributed by atoms with Crippen molar-refractivity contribution in [2.45, 2.75) is 32.1 Å². The molecular formula is C39H34N2O6. The first-order valence-corrected chi connectivity index (χ1v) is 15.5. The third kappa shape index (κ3) is 6.92. The molecule has 0 N–H and O–H groups in total. The molecule has 0 aliphatic carbocycles. The molecule has 2 aliphatic rings. The first kappa shape index (κ1) is 31.2. The average Bonchev–Trinajstić information content (AvgIpc) is 3.60. The second-order valence-electron chi connectivity index (χ2n) is 11.9. The van der Waals surface area contributed by atoms with E-state index in [1.807, 2.05) is 0 Å². The van der Waals surface area contributed by atoms with Crippen LogP contribution in [0, 0.1) is 0 Å². The Morgan fingerprint density at radius 1 is 0.468 bits per heavy atom. The molecule has 2 aliphatic heterocycles. The summed E-state index contributed by atoms with van der Waals surface area (Å²) in [5.41, 5.74) is 5.62. The van der Waals surface area contributed by atoms with Crippen molar-refractivity contribution in [1.82, 2.24) is 0 Å². The van der Waals surface area contributed by atoms with E-state index in [2.05, 4.69) is 62.4 Å². The lowest BCUT2D eigenvalue weighted by atomic mass is 9.77. The summed E-state index contributed by atoms with van der Waals surface area (Å²) in [4.78, 5) is 49.7. The number of rotatable bonds is 12. The van der Waals surface area contributed by atoms with Gasteiger partial charge in [0.1, 0.15) is 11.5 Å². The van der Waals surface area contributed by atoms with Gasteiger partial charge in [0.25, 0.3) is 23.6 Å². The molecule has 0 saturated heterocycles. The van der Waals surface area contributed by atoms with Gasteiger partial charge in [-0.3, -0.25) is 19.2 Å². The molecule has 236 valence electrons. The lowest BCUT2D eigenvalue weighted by Crippen LogP contribution is -2.29. The quantitative estimate of drug-likeness (QED) is 0.176. The van der Waals surface area contributed by atoms with Gasteiger partial charge < -0.3 is 9.47 Å². The van der Waals surface area contributed by atoms with Gasteiger partial charge in [0, 0.05) is 42.6 Å². The van der Waals surface area contributed by atoms with Crippen LogP contribution in [0.4, 0.5) is 11.4 Å². The van der Waals surface area contributed by atoms with Crippen molar-refractivity contribution in [2.24, 2.45) is 0 Å². The highest BCUT2D eigenvalue weighted by Gasteiger charge is 2.26. The Labute approximate surface area is 273 Å². The molecule has 4 aromatic carbocycles. The van der Waals surface area contributed by atoms with Crippen LogP contribution in [0.2, 0.25) is 0 Å². The minimum atomic E-state index is -0.341. The van der Waals surface area contributed by atoms with Crippen molar-refractivity contribution in [2.75, 3.05) is 23.0 Å². The molecule has 0 spiro atoms. The maximum absolute atomic E-state index is 11.9. The van der Waals surface area contributed by atoms with Crippen molar-refractivity contribution >= 4 is 35.0 Å². The van der Waals surface area contributed by atoms with Crippen LogP contribution >= 0.6 is 0 Å². The smallest absolute Gasteiger partial charge is 0.258 e. The highest BCUT2D eigenvalue weighted by atomic mass is 16.5. The summed E-state index contributed by atoms with van der Waals surface area (Å²) in [6.07, 6.45) is 6.55. The van der Waals surface area contributed by atoms with Gasteiger partial charge in [-0.1, -0.05) is 62.4 Å². The van der Waals surface area contributed by atoms with E-state index < -0.39 is 0 Å². The number of imide groups is 2. The standard InChI is InChI=1S/C39H34N2O6/c1-39(2,29-7-3-27(4-8-29)23-25-46-33-15-11-31(12-16-33)40-35(42)19-20-36(40)43)30-9-5-28(6-10-30)24-26-47-34-17-13-32(14-18-34)41-37(44)21-22-38(41)45/h3-22H,23-26H2,1-2H3. The van der Waals surface area contributed by atoms with Crippen LogP contribution < -0.4 is 19.3 Å². The molecule has 0 atom stereocenters. The summed E-state index contributed by atoms with van der Waals surface area (Å²) in [5, 5.41) is 0. The third-order valence-corrected chi connectivity index (χ3v) is 8.48. The fourth-order valence-corrected chi connectivity index (χ4v) is 5.61. The fraction of sp³-hybridized carbons (Fsp3) is 0.179. The largest absolute Gasteiger partial charge is 0.493 e. The summed E-state index contributed by atoms with van der Waals surface area (Å²) < 4.78 is 11.8. The molecule has 8 heteroatoms. The molecule has 0 fully saturated rings. The minimum absolute atomic E-state index is 0.186. The van der Waals surface area contributed by atoms with Crippen LogP contribution in [0.5, 0.6) is 11.5 Å². The van der Waals surface area contributed by atoms with Gasteiger partial charge in [-0.2, -0.15) is 0 Å². The van der Waals surface area contributed by atoms with Gasteiger partial charge in [0.05, 0.1) is 24.6 Å². The molecule has 0 bridgehead atoms. The monoisotopic (exact) mass is 626 g/mol. The van der Waals surface area contributed by atoms with E-state index >= 15 is 0 Å². The number of hydrogen-bond donors (Lipinski definition) is 0. The first-order chi connectivity index (χ1) is 22.7. The topological polar surface area (TPSA) is 93.2 Å². The minimum Gasteiger partial charge on any atom is -0.493 e. The number of carbonyl (C=O) groups is 4. The molecule has 0 unspecified atom stereocenters. The van der Waals surface area contributed by atoms with Crippen LogP contribution in [0.3, 0.4) is 0 Å². The Kier molecular flexibility index (Phi) is 8.84. The van der Waals surface area contributed by atoms with Crippen LogP contribution in [-0.4, -0.2) is 36.8 Å². The Balaban J connectivity index is 0.965. The Morgan fingerprint density at radius 3 is 1.11 bits per heavy atom. The number of benzene rings is 4. The van der Waals surface area contributed by atoms with E-state index in [1.165, 1.54) is 46.6 Å². The van der Waals surface area contributed by atoms with Gasteiger partial charge in [-0.25, -0.2) is 9.80 Å². The summed E-state index contributed by atoms with van der Waals surface area (Å²) in [5.74, 6) is -0.0124. The van der Waals surface area contributed by atoms with Crippen molar-refractivity contribution in [3.63, 3.8) is 0 Å². The maximum atomic E-state index is 11.9. The van der Waals surface area contributed by atoms with Gasteiger partial charge in [0.15, 0.2) is 0 Å². The third-order valence-electron chi connectivity index (χ3n) is 8.48. The second kappa shape index (κ2) is 13.3. The van der Waals surface area contributed by atoms with Gasteiger partial charge in [-0.05, 0) is 70.8 Å². The molecular weight excluding hydrogens is 592 g/mol. The van der Waals surface area contributed by atoms with Gasteiger partial charge >= 0.3 is 0 Å². The predicted molar refractivity (Wildman–Crippen MR) is 180 cm³/mol. The summed E-state index contributed by atoms with van der Waals surface area (Å²) in [7, 11) is 0. The van der Waals surface area contributed by atoms with Crippen molar-refractivity contribution in [3.8, 4) is 11.5 Å². The van der Waals surface area contributed by atoms with Crippen LogP contribution in [0.15, 0.2) is 121 Å². The van der Waals surface area contributed by atoms with Gasteiger partial charge in [0.2, 0.25) is 0 Å². The summed E-state index contributed by atoms with van der Waals surface area (Å²) in [6.45, 7) is 5.44. The zero-order chi connectivity index (χ0) is 33.0. The van der Waals surface area contributed by atoms with E-state index in [4.69, 9.17) is 9.47 Å². The summed E-state index contributed by atoms with van der Waals surface area (Å²) >= 11 is 0. The fourth-order valence-electron chi connectivity index (χ4n) is 5.61. The molecule has 0 aromatic heterocycles. The van der Waals surface area contributed by atoms with E-state index in [0.717, 1.165) is 22.6 Å². The second-order valence-corrected chi connectivity index (χ2v) is 11.9. The summed E-state index contributed by atoms with van der Waals surface area (Å²) in [6, 6.07) is 31.1. The zero-order valence-corrected chi connectivity index (χ0v) is 26.2. The number of carbonyl (C=O) groups excluding carboxylic acids is 4. The van der Waals surface area contributed by atoms with E-state index in [1.54, 1.807) is 48.5 Å². The Hall–Kier alpha value is -5.76. The van der Waals surface area contributed by atoms with E-state index in [-0.39, 0.29) is 29.0 Å². The lowest BCUT2D eigenvalue weighted by molar-refractivity contribution is -0.121. The highest BCUT2D eigenvalue weighted by molar-refractivity contribution is 6.28. The highest BCUT2D eigenvalue weighted by Crippen LogP contribution is 2.32. The molecule has 0 saturated carbocycles. The van der Waals surface area contributed by atoms with Crippen LogP contribution in [-0.2, 0) is 37.4 Å². The number of anilines is 2. The van der Waals surface area contributed by atoms with E-state index in [9.17, 15) is 19.2 Å². The molecule has 2 heterocycles. The molecule has 6 rings (SSSR count). The van der Waals surface area contributed by atoms with E-state index in [0.29, 0.717) is 36.1 Å². The molecule has 8 nitrogen and oxygen atoms in total. The van der Waals surface area contributed by atoms with Crippen molar-refractivity contribution in [3.05, 3.63) is 144 Å². The number of hydrogen-bond acceptors (Lipinski definition) is 6.